The van der Waals surface area contributed by atoms with Crippen LogP contribution in [0.25, 0.3) is 0 Å². The number of anilines is 1. The van der Waals surface area contributed by atoms with E-state index in [4.69, 9.17) is 9.47 Å². The molecule has 2 amide bonds. The fourth-order valence-electron chi connectivity index (χ4n) is 4.02. The largest absolute Gasteiger partial charge is 0.491 e. The van der Waals surface area contributed by atoms with E-state index < -0.39 is 0 Å². The molecule has 0 unspecified atom stereocenters. The quantitative estimate of drug-likeness (QED) is 0.769. The van der Waals surface area contributed by atoms with E-state index in [1.54, 1.807) is 37.3 Å². The van der Waals surface area contributed by atoms with Crippen molar-refractivity contribution in [2.45, 2.75) is 32.4 Å². The van der Waals surface area contributed by atoms with Gasteiger partial charge in [0.2, 0.25) is 5.91 Å². The number of amides is 2. The average molecular weight is 454 g/mol. The number of carbonyl (C=O) groups is 2. The third-order valence-electron chi connectivity index (χ3n) is 6.25. The van der Waals surface area contributed by atoms with Gasteiger partial charge in [-0.05, 0) is 43.7 Å². The van der Waals surface area contributed by atoms with Crippen molar-refractivity contribution in [3.63, 3.8) is 0 Å². The summed E-state index contributed by atoms with van der Waals surface area (Å²) in [5.74, 6) is 0.440. The number of methoxy groups -OCH3 is 1. The summed E-state index contributed by atoms with van der Waals surface area (Å²) in [5, 5.41) is 2.91. The molecule has 0 saturated heterocycles. The molecule has 7 nitrogen and oxygen atoms in total. The molecule has 0 bridgehead atoms. The predicted octanol–water partition coefficient (Wildman–Crippen LogP) is 3.30. The fraction of sp³-hybridized carbons (Fsp3) is 0.462. The summed E-state index contributed by atoms with van der Waals surface area (Å²) in [4.78, 5) is 29.8. The Labute approximate surface area is 196 Å². The summed E-state index contributed by atoms with van der Waals surface area (Å²) in [7, 11) is 5.53. The maximum absolute atomic E-state index is 13.4. The fourth-order valence-corrected chi connectivity index (χ4v) is 4.02. The van der Waals surface area contributed by atoms with Crippen LogP contribution in [-0.2, 0) is 16.0 Å². The van der Waals surface area contributed by atoms with Crippen molar-refractivity contribution >= 4 is 17.5 Å². The molecule has 0 saturated carbocycles. The Hall–Kier alpha value is -2.90. The van der Waals surface area contributed by atoms with Gasteiger partial charge in [-0.1, -0.05) is 37.3 Å². The first kappa shape index (κ1) is 24.7. The van der Waals surface area contributed by atoms with Gasteiger partial charge in [0.1, 0.15) is 12.4 Å². The molecule has 0 radical (unpaired) electrons. The molecule has 2 aromatic rings. The van der Waals surface area contributed by atoms with Crippen LogP contribution in [-0.4, -0.2) is 74.7 Å². The van der Waals surface area contributed by atoms with Crippen LogP contribution in [0.3, 0.4) is 0 Å². The Morgan fingerprint density at radius 1 is 1.12 bits per heavy atom. The summed E-state index contributed by atoms with van der Waals surface area (Å²) in [5.41, 5.74) is 1.92. The zero-order valence-corrected chi connectivity index (χ0v) is 20.2. The van der Waals surface area contributed by atoms with Gasteiger partial charge in [0.25, 0.3) is 5.91 Å². The van der Waals surface area contributed by atoms with Crippen LogP contribution in [0, 0.1) is 5.92 Å². The van der Waals surface area contributed by atoms with Gasteiger partial charge in [-0.25, -0.2) is 0 Å². The van der Waals surface area contributed by atoms with Gasteiger partial charge >= 0.3 is 0 Å². The van der Waals surface area contributed by atoms with Gasteiger partial charge in [-0.2, -0.15) is 0 Å². The maximum Gasteiger partial charge on any atom is 0.257 e. The van der Waals surface area contributed by atoms with Crippen molar-refractivity contribution in [1.29, 1.82) is 0 Å². The first-order valence-electron chi connectivity index (χ1n) is 11.4. The van der Waals surface area contributed by atoms with Crippen LogP contribution >= 0.6 is 0 Å². The summed E-state index contributed by atoms with van der Waals surface area (Å²) < 4.78 is 11.8. The third-order valence-corrected chi connectivity index (χ3v) is 6.25. The second-order valence-corrected chi connectivity index (χ2v) is 8.96. The van der Waals surface area contributed by atoms with Crippen LogP contribution in [0.4, 0.5) is 5.69 Å². The Bertz CT molecular complexity index is 950. The van der Waals surface area contributed by atoms with Crippen LogP contribution in [0.1, 0.15) is 29.8 Å². The van der Waals surface area contributed by atoms with Crippen molar-refractivity contribution in [3.8, 4) is 5.75 Å². The van der Waals surface area contributed by atoms with E-state index >= 15 is 0 Å². The van der Waals surface area contributed by atoms with E-state index in [0.717, 1.165) is 12.1 Å². The molecule has 178 valence electrons. The van der Waals surface area contributed by atoms with Gasteiger partial charge in [0.05, 0.1) is 18.1 Å². The standard InChI is InChI=1S/C26H35N3O4/c1-18-15-28(3)19(2)17-33-23-12-11-21(27-25(30)13-20-9-7-6-8-10-20)14-22(23)26(31)29(4)16-24(18)32-5/h6-12,14,18-19,24H,13,15-17H2,1-5H3,(H,27,30)/t18-,19+,24-/m1/s1. The first-order valence-corrected chi connectivity index (χ1v) is 11.4. The van der Waals surface area contributed by atoms with E-state index in [0.29, 0.717) is 30.2 Å². The minimum absolute atomic E-state index is 0.0915. The van der Waals surface area contributed by atoms with Crippen molar-refractivity contribution in [1.82, 2.24) is 9.80 Å². The number of likely N-dealkylation sites (N-methyl/N-ethyl adjacent to an activating group) is 2. The van der Waals surface area contributed by atoms with Crippen molar-refractivity contribution in [3.05, 3.63) is 59.7 Å². The monoisotopic (exact) mass is 453 g/mol. The van der Waals surface area contributed by atoms with Crippen LogP contribution in [0.5, 0.6) is 5.75 Å². The molecule has 3 atom stereocenters. The van der Waals surface area contributed by atoms with E-state index in [2.05, 4.69) is 31.1 Å². The lowest BCUT2D eigenvalue weighted by Gasteiger charge is -2.34. The van der Waals surface area contributed by atoms with Gasteiger partial charge in [0, 0.05) is 39.0 Å². The molecule has 3 rings (SSSR count). The smallest absolute Gasteiger partial charge is 0.257 e. The Balaban J connectivity index is 1.85. The lowest BCUT2D eigenvalue weighted by molar-refractivity contribution is -0.115. The van der Waals surface area contributed by atoms with Crippen LogP contribution in [0.15, 0.2) is 48.5 Å². The molecule has 1 aliphatic rings. The van der Waals surface area contributed by atoms with Gasteiger partial charge in [-0.3, -0.25) is 14.5 Å². The van der Waals surface area contributed by atoms with Crippen molar-refractivity contribution < 1.29 is 19.1 Å². The van der Waals surface area contributed by atoms with Gasteiger partial charge < -0.3 is 19.7 Å². The maximum atomic E-state index is 13.4. The zero-order valence-electron chi connectivity index (χ0n) is 20.2. The molecule has 0 aromatic heterocycles. The molecule has 2 aromatic carbocycles. The number of rotatable bonds is 4. The van der Waals surface area contributed by atoms with Gasteiger partial charge in [-0.15, -0.1) is 0 Å². The molecule has 33 heavy (non-hydrogen) atoms. The molecule has 7 heteroatoms. The second kappa shape index (κ2) is 11.3. The highest BCUT2D eigenvalue weighted by molar-refractivity contribution is 5.99. The predicted molar refractivity (Wildman–Crippen MR) is 130 cm³/mol. The second-order valence-electron chi connectivity index (χ2n) is 8.96. The van der Waals surface area contributed by atoms with E-state index in [-0.39, 0.29) is 36.3 Å². The number of hydrogen-bond acceptors (Lipinski definition) is 5. The number of nitrogens with one attached hydrogen (secondary N) is 1. The number of benzene rings is 2. The van der Waals surface area contributed by atoms with E-state index in [9.17, 15) is 9.59 Å². The highest BCUT2D eigenvalue weighted by atomic mass is 16.5. The summed E-state index contributed by atoms with van der Waals surface area (Å²) >= 11 is 0. The zero-order chi connectivity index (χ0) is 24.0. The highest BCUT2D eigenvalue weighted by Crippen LogP contribution is 2.26. The molecule has 1 heterocycles. The first-order chi connectivity index (χ1) is 15.8. The molecular weight excluding hydrogens is 418 g/mol. The molecule has 1 aliphatic heterocycles. The SMILES string of the molecule is CO[C@@H]1CN(C)C(=O)c2cc(NC(=O)Cc3ccccc3)ccc2OC[C@H](C)N(C)C[C@H]1C. The van der Waals surface area contributed by atoms with E-state index in [1.807, 2.05) is 30.3 Å². The van der Waals surface area contributed by atoms with Crippen LogP contribution < -0.4 is 10.1 Å². The third kappa shape index (κ3) is 6.55. The average Bonchev–Trinajstić information content (AvgIpc) is 2.80. The summed E-state index contributed by atoms with van der Waals surface area (Å²) in [6.07, 6.45) is 0.172. The topological polar surface area (TPSA) is 71.1 Å². The summed E-state index contributed by atoms with van der Waals surface area (Å²) in [6.45, 7) is 5.99. The normalized spacial score (nSPS) is 22.5. The summed E-state index contributed by atoms with van der Waals surface area (Å²) in [6, 6.07) is 14.9. The number of ether oxygens (including phenoxy) is 2. The Kier molecular flexibility index (Phi) is 8.47. The van der Waals surface area contributed by atoms with Gasteiger partial charge in [0.15, 0.2) is 0 Å². The number of nitrogens with zero attached hydrogens (tertiary/aromatic N) is 2. The number of fused-ring (bicyclic) bond motifs is 1. The Morgan fingerprint density at radius 2 is 1.85 bits per heavy atom. The van der Waals surface area contributed by atoms with Crippen molar-refractivity contribution in [2.24, 2.45) is 5.92 Å². The molecule has 0 spiro atoms. The number of hydrogen-bond donors (Lipinski definition) is 1. The van der Waals surface area contributed by atoms with Crippen molar-refractivity contribution in [2.75, 3.05) is 46.2 Å². The van der Waals surface area contributed by atoms with E-state index in [1.165, 1.54) is 0 Å². The minimum Gasteiger partial charge on any atom is -0.491 e. The number of carbonyl (C=O) groups excluding carboxylic acids is 2. The molecule has 0 aliphatic carbocycles. The van der Waals surface area contributed by atoms with Crippen LogP contribution in [0.2, 0.25) is 0 Å². The molecule has 1 N–H and O–H groups in total. The minimum atomic E-state index is -0.167. The lowest BCUT2D eigenvalue weighted by Crippen LogP contribution is -2.45. The highest BCUT2D eigenvalue weighted by Gasteiger charge is 2.27. The lowest BCUT2D eigenvalue weighted by atomic mass is 10.0. The Morgan fingerprint density at radius 3 is 2.55 bits per heavy atom. The molecular formula is C26H35N3O4. The molecule has 0 fully saturated rings.